The average molecular weight is 381 g/mol. The number of rotatable bonds is 8. The van der Waals surface area contributed by atoms with Crippen LogP contribution in [-0.4, -0.2) is 21.8 Å². The van der Waals surface area contributed by atoms with Crippen LogP contribution < -0.4 is 11.1 Å². The van der Waals surface area contributed by atoms with E-state index in [1.807, 2.05) is 56.3 Å². The van der Waals surface area contributed by atoms with Crippen molar-refractivity contribution in [1.82, 2.24) is 15.1 Å². The summed E-state index contributed by atoms with van der Waals surface area (Å²) in [5.41, 5.74) is 2.68. The van der Waals surface area contributed by atoms with Gasteiger partial charge in [-0.3, -0.25) is 4.79 Å². The van der Waals surface area contributed by atoms with Crippen LogP contribution in [0.15, 0.2) is 63.8 Å². The Bertz CT molecular complexity index is 977. The Morgan fingerprint density at radius 3 is 2.64 bits per heavy atom. The topological polar surface area (TPSA) is 86.4 Å². The van der Waals surface area contributed by atoms with Crippen LogP contribution in [0.5, 0.6) is 0 Å². The molecule has 0 aliphatic heterocycles. The van der Waals surface area contributed by atoms with Crippen molar-refractivity contribution in [3.8, 4) is 11.5 Å². The largest absolute Gasteiger partial charge is 0.437 e. The monoisotopic (exact) mass is 381 g/mol. The molecule has 2 aromatic carbocycles. The molecule has 28 heavy (non-hydrogen) atoms. The fraction of sp³-hybridized carbons (Fsp3) is 0.286. The maximum Gasteiger partial charge on any atom is 0.437 e. The quantitative estimate of drug-likeness (QED) is 0.648. The Balaban J connectivity index is 1.57. The molecule has 1 N–H and O–H groups in total. The first kappa shape index (κ1) is 19.6. The Morgan fingerprint density at radius 1 is 1.14 bits per heavy atom. The van der Waals surface area contributed by atoms with Crippen LogP contribution in [0.3, 0.4) is 0 Å². The molecule has 0 unspecified atom stereocenters. The minimum Gasteiger partial charge on any atom is -0.388 e. The Morgan fingerprint density at radius 2 is 1.89 bits per heavy atom. The van der Waals surface area contributed by atoms with E-state index in [1.54, 1.807) is 12.1 Å². The summed E-state index contributed by atoms with van der Waals surface area (Å²) in [6.45, 7) is 4.64. The van der Waals surface area contributed by atoms with Crippen LogP contribution in [0.1, 0.15) is 25.0 Å². The van der Waals surface area contributed by atoms with Crippen LogP contribution in [0.25, 0.3) is 11.5 Å². The third kappa shape index (κ3) is 5.40. The molecule has 0 spiro atoms. The number of amides is 1. The van der Waals surface area contributed by atoms with E-state index in [4.69, 9.17) is 9.15 Å². The summed E-state index contributed by atoms with van der Waals surface area (Å²) >= 11 is 0. The highest BCUT2D eigenvalue weighted by Gasteiger charge is 2.13. The number of hydrogen-bond donors (Lipinski definition) is 1. The van der Waals surface area contributed by atoms with E-state index in [9.17, 15) is 9.59 Å². The van der Waals surface area contributed by atoms with Crippen LogP contribution >= 0.6 is 0 Å². The van der Waals surface area contributed by atoms with Gasteiger partial charge in [0.05, 0.1) is 12.7 Å². The SMILES string of the molecule is CC(C)OCc1cccc(CNC(=O)Cn2nc(-c3ccccc3)oc2=O)c1. The predicted molar refractivity (Wildman–Crippen MR) is 104 cm³/mol. The highest BCUT2D eigenvalue weighted by molar-refractivity contribution is 5.75. The summed E-state index contributed by atoms with van der Waals surface area (Å²) in [7, 11) is 0. The molecule has 0 atom stereocenters. The lowest BCUT2D eigenvalue weighted by Crippen LogP contribution is -2.31. The molecule has 0 aliphatic rings. The molecule has 146 valence electrons. The smallest absolute Gasteiger partial charge is 0.388 e. The Kier molecular flexibility index (Phi) is 6.39. The van der Waals surface area contributed by atoms with Gasteiger partial charge in [-0.15, -0.1) is 5.10 Å². The lowest BCUT2D eigenvalue weighted by atomic mass is 10.1. The van der Waals surface area contributed by atoms with Gasteiger partial charge in [-0.25, -0.2) is 4.79 Å². The van der Waals surface area contributed by atoms with Gasteiger partial charge >= 0.3 is 5.76 Å². The number of nitrogens with one attached hydrogen (secondary N) is 1. The van der Waals surface area contributed by atoms with Gasteiger partial charge in [0.1, 0.15) is 6.54 Å². The van der Waals surface area contributed by atoms with Crippen LogP contribution in [0, 0.1) is 0 Å². The number of ether oxygens (including phenoxy) is 1. The predicted octanol–water partition coefficient (Wildman–Crippen LogP) is 2.74. The molecular weight excluding hydrogens is 358 g/mol. The minimum absolute atomic E-state index is 0.157. The third-order valence-corrected chi connectivity index (χ3v) is 3.98. The summed E-state index contributed by atoms with van der Waals surface area (Å²) in [6.07, 6.45) is 0.157. The van der Waals surface area contributed by atoms with E-state index < -0.39 is 5.76 Å². The van der Waals surface area contributed by atoms with Gasteiger partial charge < -0.3 is 14.5 Å². The van der Waals surface area contributed by atoms with Crippen molar-refractivity contribution >= 4 is 5.91 Å². The van der Waals surface area contributed by atoms with E-state index in [0.29, 0.717) is 18.7 Å². The Hall–Kier alpha value is -3.19. The van der Waals surface area contributed by atoms with Gasteiger partial charge in [0.2, 0.25) is 11.8 Å². The summed E-state index contributed by atoms with van der Waals surface area (Å²) in [5.74, 6) is -0.795. The first-order chi connectivity index (χ1) is 13.5. The molecular formula is C21H23N3O4. The Labute approximate surface area is 162 Å². The normalized spacial score (nSPS) is 11.0. The van der Waals surface area contributed by atoms with Gasteiger partial charge in [-0.05, 0) is 37.1 Å². The standard InChI is InChI=1S/C21H23N3O4/c1-15(2)27-14-17-8-6-7-16(11-17)12-22-19(25)13-24-21(26)28-20(23-24)18-9-4-3-5-10-18/h3-11,15H,12-14H2,1-2H3,(H,22,25). The van der Waals surface area contributed by atoms with Gasteiger partial charge in [0.15, 0.2) is 0 Å². The lowest BCUT2D eigenvalue weighted by Gasteiger charge is -2.09. The van der Waals surface area contributed by atoms with Crippen molar-refractivity contribution < 1.29 is 13.9 Å². The number of aromatic nitrogens is 2. The molecule has 7 heteroatoms. The number of benzene rings is 2. The van der Waals surface area contributed by atoms with Crippen molar-refractivity contribution in [2.75, 3.05) is 0 Å². The molecule has 7 nitrogen and oxygen atoms in total. The lowest BCUT2D eigenvalue weighted by molar-refractivity contribution is -0.122. The van der Waals surface area contributed by atoms with Crippen molar-refractivity contribution in [2.24, 2.45) is 0 Å². The van der Waals surface area contributed by atoms with Gasteiger partial charge in [-0.1, -0.05) is 42.5 Å². The zero-order chi connectivity index (χ0) is 19.9. The zero-order valence-electron chi connectivity index (χ0n) is 15.9. The number of nitrogens with zero attached hydrogens (tertiary/aromatic N) is 2. The summed E-state index contributed by atoms with van der Waals surface area (Å²) in [5, 5.41) is 6.88. The van der Waals surface area contributed by atoms with Gasteiger partial charge in [0.25, 0.3) is 0 Å². The van der Waals surface area contributed by atoms with Crippen molar-refractivity contribution in [3.63, 3.8) is 0 Å². The first-order valence-electron chi connectivity index (χ1n) is 9.11. The third-order valence-electron chi connectivity index (χ3n) is 3.98. The molecule has 1 aromatic heterocycles. The second-order valence-corrected chi connectivity index (χ2v) is 6.65. The maximum absolute atomic E-state index is 12.2. The van der Waals surface area contributed by atoms with Crippen molar-refractivity contribution in [2.45, 2.75) is 39.6 Å². The second-order valence-electron chi connectivity index (χ2n) is 6.65. The van der Waals surface area contributed by atoms with Gasteiger partial charge in [-0.2, -0.15) is 4.68 Å². The van der Waals surface area contributed by atoms with Crippen LogP contribution in [0.2, 0.25) is 0 Å². The molecule has 0 saturated heterocycles. The molecule has 0 saturated carbocycles. The van der Waals surface area contributed by atoms with Crippen LogP contribution in [-0.2, 0) is 29.2 Å². The van der Waals surface area contributed by atoms with E-state index in [2.05, 4.69) is 10.4 Å². The summed E-state index contributed by atoms with van der Waals surface area (Å²) in [4.78, 5) is 24.1. The molecule has 0 bridgehead atoms. The number of carbonyl (C=O) groups excluding carboxylic acids is 1. The molecule has 1 amide bonds. The highest BCUT2D eigenvalue weighted by Crippen LogP contribution is 2.13. The minimum atomic E-state index is -0.665. The fourth-order valence-electron chi connectivity index (χ4n) is 2.59. The number of carbonyl (C=O) groups is 1. The van der Waals surface area contributed by atoms with Crippen molar-refractivity contribution in [1.29, 1.82) is 0 Å². The van der Waals surface area contributed by atoms with E-state index in [-0.39, 0.29) is 24.4 Å². The molecule has 1 heterocycles. The fourth-order valence-corrected chi connectivity index (χ4v) is 2.59. The maximum atomic E-state index is 12.2. The van der Waals surface area contributed by atoms with Gasteiger partial charge in [0, 0.05) is 12.1 Å². The van der Waals surface area contributed by atoms with E-state index in [0.717, 1.165) is 15.8 Å². The van der Waals surface area contributed by atoms with E-state index >= 15 is 0 Å². The molecule has 0 radical (unpaired) electrons. The van der Waals surface area contributed by atoms with Crippen molar-refractivity contribution in [3.05, 3.63) is 76.3 Å². The molecule has 3 aromatic rings. The molecule has 3 rings (SSSR count). The molecule has 0 fully saturated rings. The number of hydrogen-bond acceptors (Lipinski definition) is 5. The average Bonchev–Trinajstić information content (AvgIpc) is 3.06. The summed E-state index contributed by atoms with van der Waals surface area (Å²) in [6, 6.07) is 16.9. The molecule has 0 aliphatic carbocycles. The summed E-state index contributed by atoms with van der Waals surface area (Å²) < 4.78 is 11.7. The first-order valence-corrected chi connectivity index (χ1v) is 9.11. The van der Waals surface area contributed by atoms with E-state index in [1.165, 1.54) is 0 Å². The zero-order valence-corrected chi connectivity index (χ0v) is 15.9. The second kappa shape index (κ2) is 9.14. The highest BCUT2D eigenvalue weighted by atomic mass is 16.5. The van der Waals surface area contributed by atoms with Crippen LogP contribution in [0.4, 0.5) is 0 Å².